The summed E-state index contributed by atoms with van der Waals surface area (Å²) in [6.07, 6.45) is 3.19. The Balaban J connectivity index is 2.08. The van der Waals surface area contributed by atoms with Gasteiger partial charge < -0.3 is 5.11 Å². The molecule has 1 heterocycles. The summed E-state index contributed by atoms with van der Waals surface area (Å²) >= 11 is 0. The first-order chi connectivity index (χ1) is 6.18. The van der Waals surface area contributed by atoms with E-state index in [0.717, 1.165) is 12.8 Å². The standard InChI is InChI=1S/C8H13N3O2/c1-10-5-9-11(8(10)13)4-7(12)6-2-3-6/h5-7,12H,2-4H2,1H3. The molecule has 1 unspecified atom stereocenters. The predicted molar refractivity (Wildman–Crippen MR) is 46.2 cm³/mol. The molecular weight excluding hydrogens is 170 g/mol. The lowest BCUT2D eigenvalue weighted by molar-refractivity contribution is 0.125. The third-order valence-corrected chi connectivity index (χ3v) is 2.41. The maximum Gasteiger partial charge on any atom is 0.345 e. The molecule has 0 radical (unpaired) electrons. The highest BCUT2D eigenvalue weighted by molar-refractivity contribution is 4.81. The molecule has 0 aliphatic heterocycles. The summed E-state index contributed by atoms with van der Waals surface area (Å²) in [6, 6.07) is 0. The molecule has 1 fully saturated rings. The van der Waals surface area contributed by atoms with Gasteiger partial charge in [0.15, 0.2) is 0 Å². The predicted octanol–water partition coefficient (Wildman–Crippen LogP) is -0.647. The molecule has 2 rings (SSSR count). The molecule has 5 nitrogen and oxygen atoms in total. The van der Waals surface area contributed by atoms with E-state index in [1.807, 2.05) is 0 Å². The molecule has 5 heteroatoms. The number of hydrogen-bond acceptors (Lipinski definition) is 3. The van der Waals surface area contributed by atoms with E-state index in [1.165, 1.54) is 15.6 Å². The van der Waals surface area contributed by atoms with Crippen LogP contribution >= 0.6 is 0 Å². The number of rotatable bonds is 3. The van der Waals surface area contributed by atoms with Gasteiger partial charge in [-0.05, 0) is 18.8 Å². The molecule has 0 saturated heterocycles. The minimum Gasteiger partial charge on any atom is -0.391 e. The molecule has 1 aliphatic carbocycles. The highest BCUT2D eigenvalue weighted by atomic mass is 16.3. The summed E-state index contributed by atoms with van der Waals surface area (Å²) in [4.78, 5) is 11.3. The lowest BCUT2D eigenvalue weighted by Gasteiger charge is -2.06. The minimum absolute atomic E-state index is 0.167. The average molecular weight is 183 g/mol. The first-order valence-electron chi connectivity index (χ1n) is 4.45. The fourth-order valence-corrected chi connectivity index (χ4v) is 1.35. The molecule has 1 N–H and O–H groups in total. The Labute approximate surface area is 75.6 Å². The molecule has 1 aromatic heterocycles. The van der Waals surface area contributed by atoms with Gasteiger partial charge in [-0.2, -0.15) is 5.10 Å². The molecule has 0 bridgehead atoms. The maximum atomic E-state index is 11.3. The lowest BCUT2D eigenvalue weighted by atomic mass is 10.2. The van der Waals surface area contributed by atoms with Gasteiger partial charge in [0.1, 0.15) is 6.33 Å². The monoisotopic (exact) mass is 183 g/mol. The molecule has 1 atom stereocenters. The van der Waals surface area contributed by atoms with Crippen LogP contribution in [0.25, 0.3) is 0 Å². The second-order valence-corrected chi connectivity index (χ2v) is 3.61. The van der Waals surface area contributed by atoms with Crippen molar-refractivity contribution in [1.82, 2.24) is 14.3 Å². The van der Waals surface area contributed by atoms with Gasteiger partial charge in [-0.1, -0.05) is 0 Å². The third-order valence-electron chi connectivity index (χ3n) is 2.41. The van der Waals surface area contributed by atoms with Crippen LogP contribution in [-0.4, -0.2) is 25.6 Å². The van der Waals surface area contributed by atoms with Gasteiger partial charge in [0.2, 0.25) is 0 Å². The van der Waals surface area contributed by atoms with Crippen molar-refractivity contribution in [2.24, 2.45) is 13.0 Å². The van der Waals surface area contributed by atoms with E-state index < -0.39 is 6.10 Å². The van der Waals surface area contributed by atoms with E-state index >= 15 is 0 Å². The summed E-state index contributed by atoms with van der Waals surface area (Å²) in [5, 5.41) is 13.4. The highest BCUT2D eigenvalue weighted by Gasteiger charge is 2.30. The van der Waals surface area contributed by atoms with Gasteiger partial charge in [-0.15, -0.1) is 0 Å². The Kier molecular flexibility index (Phi) is 1.95. The normalized spacial score (nSPS) is 18.9. The van der Waals surface area contributed by atoms with E-state index in [0.29, 0.717) is 12.5 Å². The quantitative estimate of drug-likeness (QED) is 0.677. The van der Waals surface area contributed by atoms with Crippen LogP contribution < -0.4 is 5.69 Å². The zero-order valence-corrected chi connectivity index (χ0v) is 7.55. The van der Waals surface area contributed by atoms with Gasteiger partial charge in [0.25, 0.3) is 0 Å². The lowest BCUT2D eigenvalue weighted by Crippen LogP contribution is -2.29. The van der Waals surface area contributed by atoms with E-state index in [1.54, 1.807) is 7.05 Å². The largest absolute Gasteiger partial charge is 0.391 e. The van der Waals surface area contributed by atoms with E-state index in [9.17, 15) is 9.90 Å². The molecule has 1 aliphatic rings. The second kappa shape index (κ2) is 2.99. The molecule has 0 amide bonds. The molecule has 0 spiro atoms. The van der Waals surface area contributed by atoms with Gasteiger partial charge >= 0.3 is 5.69 Å². The van der Waals surface area contributed by atoms with Crippen LogP contribution in [-0.2, 0) is 13.6 Å². The summed E-state index contributed by atoms with van der Waals surface area (Å²) in [7, 11) is 1.65. The minimum atomic E-state index is -0.410. The molecule has 0 aromatic carbocycles. The Morgan fingerprint density at radius 2 is 2.46 bits per heavy atom. The van der Waals surface area contributed by atoms with Crippen LogP contribution in [0.4, 0.5) is 0 Å². The number of aryl methyl sites for hydroxylation is 1. The zero-order chi connectivity index (χ0) is 9.42. The van der Waals surface area contributed by atoms with E-state index in [2.05, 4.69) is 5.10 Å². The first-order valence-corrected chi connectivity index (χ1v) is 4.45. The molecule has 72 valence electrons. The van der Waals surface area contributed by atoms with Crippen molar-refractivity contribution in [2.45, 2.75) is 25.5 Å². The van der Waals surface area contributed by atoms with Crippen molar-refractivity contribution in [3.05, 3.63) is 16.8 Å². The van der Waals surface area contributed by atoms with Gasteiger partial charge in [-0.25, -0.2) is 9.48 Å². The summed E-state index contributed by atoms with van der Waals surface area (Å²) in [5.41, 5.74) is -0.167. The number of aliphatic hydroxyl groups is 1. The molecular formula is C8H13N3O2. The summed E-state index contributed by atoms with van der Waals surface area (Å²) in [5.74, 6) is 0.383. The van der Waals surface area contributed by atoms with Crippen LogP contribution in [0.1, 0.15) is 12.8 Å². The van der Waals surface area contributed by atoms with Crippen LogP contribution in [0, 0.1) is 5.92 Å². The number of hydrogen-bond donors (Lipinski definition) is 1. The van der Waals surface area contributed by atoms with Crippen molar-refractivity contribution >= 4 is 0 Å². The molecule has 1 saturated carbocycles. The van der Waals surface area contributed by atoms with Crippen molar-refractivity contribution in [2.75, 3.05) is 0 Å². The number of aliphatic hydroxyl groups excluding tert-OH is 1. The van der Waals surface area contributed by atoms with E-state index in [-0.39, 0.29) is 5.69 Å². The van der Waals surface area contributed by atoms with Crippen molar-refractivity contribution in [1.29, 1.82) is 0 Å². The maximum absolute atomic E-state index is 11.3. The average Bonchev–Trinajstić information content (AvgIpc) is 2.89. The van der Waals surface area contributed by atoms with Crippen LogP contribution in [0.2, 0.25) is 0 Å². The second-order valence-electron chi connectivity index (χ2n) is 3.61. The third kappa shape index (κ3) is 1.65. The summed E-state index contributed by atoms with van der Waals surface area (Å²) < 4.78 is 2.71. The van der Waals surface area contributed by atoms with Crippen LogP contribution in [0.5, 0.6) is 0 Å². The highest BCUT2D eigenvalue weighted by Crippen LogP contribution is 2.32. The summed E-state index contributed by atoms with van der Waals surface area (Å²) in [6.45, 7) is 0.324. The van der Waals surface area contributed by atoms with Crippen molar-refractivity contribution in [3.8, 4) is 0 Å². The van der Waals surface area contributed by atoms with E-state index in [4.69, 9.17) is 0 Å². The smallest absolute Gasteiger partial charge is 0.345 e. The van der Waals surface area contributed by atoms with Gasteiger partial charge in [0, 0.05) is 7.05 Å². The number of nitrogens with zero attached hydrogens (tertiary/aromatic N) is 3. The van der Waals surface area contributed by atoms with Crippen molar-refractivity contribution in [3.63, 3.8) is 0 Å². The first kappa shape index (κ1) is 8.50. The fraction of sp³-hybridized carbons (Fsp3) is 0.750. The Hall–Kier alpha value is -1.10. The van der Waals surface area contributed by atoms with Crippen LogP contribution in [0.15, 0.2) is 11.1 Å². The van der Waals surface area contributed by atoms with Gasteiger partial charge in [0.05, 0.1) is 12.6 Å². The Morgan fingerprint density at radius 1 is 1.77 bits per heavy atom. The topological polar surface area (TPSA) is 60.1 Å². The molecule has 13 heavy (non-hydrogen) atoms. The van der Waals surface area contributed by atoms with Crippen LogP contribution in [0.3, 0.4) is 0 Å². The van der Waals surface area contributed by atoms with Crippen molar-refractivity contribution < 1.29 is 5.11 Å². The Bertz CT molecular complexity index is 351. The zero-order valence-electron chi connectivity index (χ0n) is 7.55. The SMILES string of the molecule is Cn1cnn(CC(O)C2CC2)c1=O. The number of aromatic nitrogens is 3. The Morgan fingerprint density at radius 3 is 2.92 bits per heavy atom. The fourth-order valence-electron chi connectivity index (χ4n) is 1.35. The van der Waals surface area contributed by atoms with Gasteiger partial charge in [-0.3, -0.25) is 4.57 Å². The molecule has 1 aromatic rings.